The number of fused-ring (bicyclic) bond motifs is 1. The first-order valence-corrected chi connectivity index (χ1v) is 7.70. The molecule has 1 unspecified atom stereocenters. The fourth-order valence-corrected chi connectivity index (χ4v) is 2.90. The van der Waals surface area contributed by atoms with Gasteiger partial charge in [-0.05, 0) is 37.5 Å². The molecule has 0 bridgehead atoms. The SMILES string of the molecule is Cc1cccc2c1OCCCC2NCCc1ccccn1. The van der Waals surface area contributed by atoms with Crippen LogP contribution in [0, 0.1) is 6.92 Å². The smallest absolute Gasteiger partial charge is 0.126 e. The molecule has 1 aromatic carbocycles. The zero-order valence-corrected chi connectivity index (χ0v) is 12.5. The van der Waals surface area contributed by atoms with Gasteiger partial charge in [-0.15, -0.1) is 0 Å². The molecule has 3 rings (SSSR count). The second-order valence-electron chi connectivity index (χ2n) is 5.56. The first kappa shape index (κ1) is 14.1. The van der Waals surface area contributed by atoms with E-state index in [0.29, 0.717) is 6.04 Å². The molecule has 110 valence electrons. The van der Waals surface area contributed by atoms with Gasteiger partial charge in [0, 0.05) is 36.5 Å². The average molecular weight is 282 g/mol. The van der Waals surface area contributed by atoms with Crippen LogP contribution in [-0.2, 0) is 6.42 Å². The summed E-state index contributed by atoms with van der Waals surface area (Å²) in [6.45, 7) is 3.88. The number of hydrogen-bond donors (Lipinski definition) is 1. The maximum absolute atomic E-state index is 5.92. The van der Waals surface area contributed by atoms with Gasteiger partial charge in [0.2, 0.25) is 0 Å². The summed E-state index contributed by atoms with van der Waals surface area (Å²) in [4.78, 5) is 4.37. The second-order valence-corrected chi connectivity index (χ2v) is 5.56. The minimum atomic E-state index is 0.381. The largest absolute Gasteiger partial charge is 0.493 e. The van der Waals surface area contributed by atoms with Crippen molar-refractivity contribution in [2.45, 2.75) is 32.2 Å². The van der Waals surface area contributed by atoms with Crippen molar-refractivity contribution in [1.29, 1.82) is 0 Å². The molecule has 21 heavy (non-hydrogen) atoms. The maximum atomic E-state index is 5.92. The van der Waals surface area contributed by atoms with Crippen molar-refractivity contribution in [2.24, 2.45) is 0 Å². The molecule has 0 fully saturated rings. The molecule has 0 saturated heterocycles. The van der Waals surface area contributed by atoms with E-state index in [1.165, 1.54) is 11.1 Å². The van der Waals surface area contributed by atoms with Crippen LogP contribution in [0.1, 0.15) is 35.7 Å². The standard InChI is InChI=1S/C18H22N2O/c1-14-6-4-8-16-17(9-5-13-21-18(14)16)20-12-10-15-7-2-3-11-19-15/h2-4,6-8,11,17,20H,5,9-10,12-13H2,1H3. The lowest BCUT2D eigenvalue weighted by Crippen LogP contribution is -2.23. The zero-order chi connectivity index (χ0) is 14.5. The number of aromatic nitrogens is 1. The summed E-state index contributed by atoms with van der Waals surface area (Å²) in [5.74, 6) is 1.07. The van der Waals surface area contributed by atoms with Gasteiger partial charge < -0.3 is 10.1 Å². The Morgan fingerprint density at radius 1 is 1.24 bits per heavy atom. The third-order valence-corrected chi connectivity index (χ3v) is 4.00. The summed E-state index contributed by atoms with van der Waals surface area (Å²) >= 11 is 0. The van der Waals surface area contributed by atoms with Gasteiger partial charge in [0.15, 0.2) is 0 Å². The Balaban J connectivity index is 1.67. The van der Waals surface area contributed by atoms with Crippen molar-refractivity contribution < 1.29 is 4.74 Å². The number of nitrogens with zero attached hydrogens (tertiary/aromatic N) is 1. The normalized spacial score (nSPS) is 17.7. The molecular weight excluding hydrogens is 260 g/mol. The highest BCUT2D eigenvalue weighted by atomic mass is 16.5. The Bertz CT molecular complexity index is 583. The number of para-hydroxylation sites is 1. The Morgan fingerprint density at radius 2 is 2.19 bits per heavy atom. The van der Waals surface area contributed by atoms with Gasteiger partial charge in [-0.1, -0.05) is 24.3 Å². The quantitative estimate of drug-likeness (QED) is 0.933. The van der Waals surface area contributed by atoms with Crippen LogP contribution in [0.15, 0.2) is 42.6 Å². The lowest BCUT2D eigenvalue weighted by molar-refractivity contribution is 0.313. The molecule has 1 aromatic heterocycles. The predicted octanol–water partition coefficient (Wildman–Crippen LogP) is 3.44. The third kappa shape index (κ3) is 3.42. The number of rotatable bonds is 4. The van der Waals surface area contributed by atoms with E-state index in [9.17, 15) is 0 Å². The number of nitrogens with one attached hydrogen (secondary N) is 1. The highest BCUT2D eigenvalue weighted by Crippen LogP contribution is 2.33. The van der Waals surface area contributed by atoms with Crippen LogP contribution >= 0.6 is 0 Å². The lowest BCUT2D eigenvalue weighted by atomic mass is 9.99. The Morgan fingerprint density at radius 3 is 3.05 bits per heavy atom. The summed E-state index contributed by atoms with van der Waals surface area (Å²) in [5, 5.41) is 3.67. The molecule has 0 amide bonds. The van der Waals surface area contributed by atoms with Gasteiger partial charge in [-0.2, -0.15) is 0 Å². The van der Waals surface area contributed by atoms with Crippen molar-refractivity contribution in [2.75, 3.05) is 13.2 Å². The third-order valence-electron chi connectivity index (χ3n) is 4.00. The van der Waals surface area contributed by atoms with E-state index >= 15 is 0 Å². The van der Waals surface area contributed by atoms with Gasteiger partial charge in [0.1, 0.15) is 5.75 Å². The second kappa shape index (κ2) is 6.72. The molecular formula is C18H22N2O. The first-order chi connectivity index (χ1) is 10.3. The van der Waals surface area contributed by atoms with Crippen LogP contribution in [0.5, 0.6) is 5.75 Å². The monoisotopic (exact) mass is 282 g/mol. The van der Waals surface area contributed by atoms with Crippen molar-refractivity contribution >= 4 is 0 Å². The summed E-state index contributed by atoms with van der Waals surface area (Å²) in [5.41, 5.74) is 3.67. The Labute approximate surface area is 126 Å². The van der Waals surface area contributed by atoms with Crippen LogP contribution in [0.4, 0.5) is 0 Å². The maximum Gasteiger partial charge on any atom is 0.126 e. The molecule has 2 heterocycles. The van der Waals surface area contributed by atoms with Crippen molar-refractivity contribution in [3.05, 3.63) is 59.4 Å². The zero-order valence-electron chi connectivity index (χ0n) is 12.5. The number of aryl methyl sites for hydroxylation is 1. The molecule has 0 saturated carbocycles. The molecule has 3 heteroatoms. The van der Waals surface area contributed by atoms with Crippen LogP contribution in [-0.4, -0.2) is 18.1 Å². The van der Waals surface area contributed by atoms with Gasteiger partial charge >= 0.3 is 0 Å². The van der Waals surface area contributed by atoms with Crippen LogP contribution < -0.4 is 10.1 Å². The van der Waals surface area contributed by atoms with Gasteiger partial charge in [0.25, 0.3) is 0 Å². The number of ether oxygens (including phenoxy) is 1. The van der Waals surface area contributed by atoms with Crippen molar-refractivity contribution in [3.63, 3.8) is 0 Å². The van der Waals surface area contributed by atoms with Crippen LogP contribution in [0.2, 0.25) is 0 Å². The van der Waals surface area contributed by atoms with E-state index in [2.05, 4.69) is 41.5 Å². The number of pyridine rings is 1. The molecule has 2 aromatic rings. The van der Waals surface area contributed by atoms with Gasteiger partial charge in [-0.3, -0.25) is 4.98 Å². The van der Waals surface area contributed by atoms with E-state index in [0.717, 1.165) is 43.9 Å². The molecule has 1 aliphatic heterocycles. The van der Waals surface area contributed by atoms with Gasteiger partial charge in [0.05, 0.1) is 6.61 Å². The van der Waals surface area contributed by atoms with Crippen molar-refractivity contribution in [3.8, 4) is 5.75 Å². The lowest BCUT2D eigenvalue weighted by Gasteiger charge is -2.19. The minimum Gasteiger partial charge on any atom is -0.493 e. The summed E-state index contributed by atoms with van der Waals surface area (Å²) < 4.78 is 5.92. The Hall–Kier alpha value is -1.87. The van der Waals surface area contributed by atoms with E-state index in [1.54, 1.807) is 0 Å². The van der Waals surface area contributed by atoms with E-state index in [4.69, 9.17) is 4.74 Å². The van der Waals surface area contributed by atoms with E-state index in [1.807, 2.05) is 18.3 Å². The molecule has 0 radical (unpaired) electrons. The summed E-state index contributed by atoms with van der Waals surface area (Å²) in [7, 11) is 0. The van der Waals surface area contributed by atoms with E-state index in [-0.39, 0.29) is 0 Å². The molecule has 3 nitrogen and oxygen atoms in total. The molecule has 1 atom stereocenters. The predicted molar refractivity (Wildman–Crippen MR) is 84.6 cm³/mol. The van der Waals surface area contributed by atoms with Crippen LogP contribution in [0.3, 0.4) is 0 Å². The Kier molecular flexibility index (Phi) is 4.51. The van der Waals surface area contributed by atoms with Crippen molar-refractivity contribution in [1.82, 2.24) is 10.3 Å². The highest BCUT2D eigenvalue weighted by molar-refractivity contribution is 5.43. The van der Waals surface area contributed by atoms with E-state index < -0.39 is 0 Å². The van der Waals surface area contributed by atoms with Crippen LogP contribution in [0.25, 0.3) is 0 Å². The van der Waals surface area contributed by atoms with Gasteiger partial charge in [-0.25, -0.2) is 0 Å². The fraction of sp³-hybridized carbons (Fsp3) is 0.389. The minimum absolute atomic E-state index is 0.381. The summed E-state index contributed by atoms with van der Waals surface area (Å²) in [6.07, 6.45) is 5.03. The first-order valence-electron chi connectivity index (χ1n) is 7.70. The highest BCUT2D eigenvalue weighted by Gasteiger charge is 2.20. The molecule has 1 aliphatic rings. The molecule has 1 N–H and O–H groups in total. The number of benzene rings is 1. The molecule has 0 aliphatic carbocycles. The number of hydrogen-bond acceptors (Lipinski definition) is 3. The average Bonchev–Trinajstić information content (AvgIpc) is 2.72. The topological polar surface area (TPSA) is 34.1 Å². The summed E-state index contributed by atoms with van der Waals surface area (Å²) in [6, 6.07) is 12.9. The fourth-order valence-electron chi connectivity index (χ4n) is 2.90. The molecule has 0 spiro atoms.